The van der Waals surface area contributed by atoms with Gasteiger partial charge in [-0.05, 0) is 12.1 Å². The van der Waals surface area contributed by atoms with Crippen molar-refractivity contribution in [3.63, 3.8) is 0 Å². The van der Waals surface area contributed by atoms with Gasteiger partial charge in [-0.3, -0.25) is 9.59 Å². The predicted molar refractivity (Wildman–Crippen MR) is 65.8 cm³/mol. The lowest BCUT2D eigenvalue weighted by Gasteiger charge is -2.19. The number of hydrogen-bond donors (Lipinski definition) is 0. The molecular weight excluding hydrogens is 327 g/mol. The number of halogens is 4. The Morgan fingerprint density at radius 1 is 1.26 bits per heavy atom. The van der Waals surface area contributed by atoms with Gasteiger partial charge in [-0.1, -0.05) is 28.1 Å². The first kappa shape index (κ1) is 14.0. The molecule has 1 unspecified atom stereocenters. The standard InChI is InChI=1S/C12H9BrF3NO2/c13-6-7-5-10(18)17(11(7)19)9-4-2-1-3-8(9)12(14,15)16/h1-4,7H,5-6H2. The van der Waals surface area contributed by atoms with Crippen molar-refractivity contribution in [2.45, 2.75) is 12.6 Å². The molecule has 0 aliphatic carbocycles. The Morgan fingerprint density at radius 3 is 2.42 bits per heavy atom. The number of para-hydroxylation sites is 1. The van der Waals surface area contributed by atoms with Crippen LogP contribution in [0.25, 0.3) is 0 Å². The summed E-state index contributed by atoms with van der Waals surface area (Å²) >= 11 is 3.08. The van der Waals surface area contributed by atoms with Crippen LogP contribution in [0.5, 0.6) is 0 Å². The molecule has 2 rings (SSSR count). The van der Waals surface area contributed by atoms with Crippen LogP contribution in [0.1, 0.15) is 12.0 Å². The van der Waals surface area contributed by atoms with E-state index in [1.807, 2.05) is 0 Å². The highest BCUT2D eigenvalue weighted by atomic mass is 79.9. The third-order valence-electron chi connectivity index (χ3n) is 2.88. The van der Waals surface area contributed by atoms with Gasteiger partial charge >= 0.3 is 6.18 Å². The summed E-state index contributed by atoms with van der Waals surface area (Å²) in [6.45, 7) is 0. The highest BCUT2D eigenvalue weighted by molar-refractivity contribution is 9.09. The quantitative estimate of drug-likeness (QED) is 0.615. The maximum Gasteiger partial charge on any atom is 0.418 e. The topological polar surface area (TPSA) is 37.4 Å². The van der Waals surface area contributed by atoms with Crippen LogP contribution in [0.3, 0.4) is 0 Å². The van der Waals surface area contributed by atoms with E-state index in [1.54, 1.807) is 0 Å². The SMILES string of the molecule is O=C1CC(CBr)C(=O)N1c1ccccc1C(F)(F)F. The molecule has 1 saturated heterocycles. The fourth-order valence-corrected chi connectivity index (χ4v) is 2.48. The van der Waals surface area contributed by atoms with Gasteiger partial charge in [0.05, 0.1) is 17.2 Å². The minimum absolute atomic E-state index is 0.0731. The molecule has 2 amide bonds. The van der Waals surface area contributed by atoms with E-state index < -0.39 is 35.2 Å². The number of amides is 2. The molecule has 19 heavy (non-hydrogen) atoms. The number of imide groups is 1. The number of nitrogens with zero attached hydrogens (tertiary/aromatic N) is 1. The third-order valence-corrected chi connectivity index (χ3v) is 3.66. The van der Waals surface area contributed by atoms with Gasteiger partial charge in [0, 0.05) is 11.8 Å². The number of anilines is 1. The van der Waals surface area contributed by atoms with Gasteiger partial charge in [0.15, 0.2) is 0 Å². The summed E-state index contributed by atoms with van der Waals surface area (Å²) in [5.41, 5.74) is -1.37. The largest absolute Gasteiger partial charge is 0.418 e. The molecule has 1 heterocycles. The predicted octanol–water partition coefficient (Wildman–Crippen LogP) is 2.98. The van der Waals surface area contributed by atoms with Crippen LogP contribution in [-0.4, -0.2) is 17.1 Å². The van der Waals surface area contributed by atoms with Crippen molar-refractivity contribution in [1.29, 1.82) is 0 Å². The van der Waals surface area contributed by atoms with Gasteiger partial charge < -0.3 is 0 Å². The van der Waals surface area contributed by atoms with E-state index in [4.69, 9.17) is 0 Å². The number of carbonyl (C=O) groups excluding carboxylic acids is 2. The van der Waals surface area contributed by atoms with Gasteiger partial charge in [0.2, 0.25) is 11.8 Å². The molecule has 1 fully saturated rings. The summed E-state index contributed by atoms with van der Waals surface area (Å²) in [7, 11) is 0. The lowest BCUT2D eigenvalue weighted by atomic mass is 10.1. The molecule has 0 radical (unpaired) electrons. The Kier molecular flexibility index (Phi) is 3.66. The maximum atomic E-state index is 12.9. The molecule has 102 valence electrons. The monoisotopic (exact) mass is 335 g/mol. The number of carbonyl (C=O) groups is 2. The zero-order chi connectivity index (χ0) is 14.2. The zero-order valence-electron chi connectivity index (χ0n) is 9.58. The van der Waals surface area contributed by atoms with E-state index in [2.05, 4.69) is 15.9 Å². The van der Waals surface area contributed by atoms with Crippen LogP contribution in [0.4, 0.5) is 18.9 Å². The molecule has 1 aliphatic heterocycles. The third kappa shape index (κ3) is 2.51. The first-order valence-corrected chi connectivity index (χ1v) is 6.57. The normalized spacial score (nSPS) is 20.2. The van der Waals surface area contributed by atoms with Crippen LogP contribution >= 0.6 is 15.9 Å². The summed E-state index contributed by atoms with van der Waals surface area (Å²) in [6, 6.07) is 4.58. The van der Waals surface area contributed by atoms with E-state index in [0.29, 0.717) is 4.90 Å². The molecule has 7 heteroatoms. The summed E-state index contributed by atoms with van der Waals surface area (Å²) in [5.74, 6) is -1.81. The molecule has 1 aliphatic rings. The Balaban J connectivity index is 2.49. The molecular formula is C12H9BrF3NO2. The van der Waals surface area contributed by atoms with Gasteiger partial charge in [0.1, 0.15) is 0 Å². The van der Waals surface area contributed by atoms with Gasteiger partial charge in [-0.15, -0.1) is 0 Å². The Labute approximate surface area is 115 Å². The van der Waals surface area contributed by atoms with E-state index in [-0.39, 0.29) is 11.8 Å². The molecule has 0 saturated carbocycles. The molecule has 1 aromatic rings. The van der Waals surface area contributed by atoms with E-state index in [1.165, 1.54) is 12.1 Å². The smallest absolute Gasteiger partial charge is 0.274 e. The summed E-state index contributed by atoms with van der Waals surface area (Å²) in [4.78, 5) is 24.3. The van der Waals surface area contributed by atoms with Crippen LogP contribution < -0.4 is 4.90 Å². The summed E-state index contributed by atoms with van der Waals surface area (Å²) in [6.07, 6.45) is -4.68. The molecule has 0 bridgehead atoms. The molecule has 1 atom stereocenters. The molecule has 0 spiro atoms. The van der Waals surface area contributed by atoms with E-state index >= 15 is 0 Å². The summed E-state index contributed by atoms with van der Waals surface area (Å²) < 4.78 is 38.6. The van der Waals surface area contributed by atoms with Crippen LogP contribution in [0.15, 0.2) is 24.3 Å². The fraction of sp³-hybridized carbons (Fsp3) is 0.333. The highest BCUT2D eigenvalue weighted by Crippen LogP contribution is 2.39. The summed E-state index contributed by atoms with van der Waals surface area (Å²) in [5, 5.41) is 0.252. The van der Waals surface area contributed by atoms with Crippen molar-refractivity contribution >= 4 is 33.4 Å². The number of alkyl halides is 4. The maximum absolute atomic E-state index is 12.9. The Hall–Kier alpha value is -1.37. The molecule has 0 aromatic heterocycles. The molecule has 1 aromatic carbocycles. The van der Waals surface area contributed by atoms with E-state index in [0.717, 1.165) is 12.1 Å². The Bertz CT molecular complexity index is 530. The van der Waals surface area contributed by atoms with Crippen molar-refractivity contribution in [2.24, 2.45) is 5.92 Å². The number of rotatable bonds is 2. The lowest BCUT2D eigenvalue weighted by Crippen LogP contribution is -2.32. The minimum Gasteiger partial charge on any atom is -0.274 e. The van der Waals surface area contributed by atoms with Crippen molar-refractivity contribution in [3.05, 3.63) is 29.8 Å². The first-order chi connectivity index (χ1) is 8.86. The lowest BCUT2D eigenvalue weighted by molar-refractivity contribution is -0.137. The average Bonchev–Trinajstić information content (AvgIpc) is 2.63. The van der Waals surface area contributed by atoms with Crippen molar-refractivity contribution in [3.8, 4) is 0 Å². The number of benzene rings is 1. The van der Waals surface area contributed by atoms with E-state index in [9.17, 15) is 22.8 Å². The second-order valence-corrected chi connectivity index (χ2v) is 4.79. The van der Waals surface area contributed by atoms with Gasteiger partial charge in [-0.25, -0.2) is 4.90 Å². The second-order valence-electron chi connectivity index (χ2n) is 4.14. The average molecular weight is 336 g/mol. The van der Waals surface area contributed by atoms with Crippen molar-refractivity contribution in [1.82, 2.24) is 0 Å². The minimum atomic E-state index is -4.61. The van der Waals surface area contributed by atoms with Crippen LogP contribution in [0.2, 0.25) is 0 Å². The van der Waals surface area contributed by atoms with Crippen LogP contribution in [-0.2, 0) is 15.8 Å². The van der Waals surface area contributed by atoms with Crippen molar-refractivity contribution < 1.29 is 22.8 Å². The van der Waals surface area contributed by atoms with Crippen molar-refractivity contribution in [2.75, 3.05) is 10.2 Å². The second kappa shape index (κ2) is 4.96. The molecule has 0 N–H and O–H groups in total. The molecule has 3 nitrogen and oxygen atoms in total. The van der Waals surface area contributed by atoms with Gasteiger partial charge in [-0.2, -0.15) is 13.2 Å². The van der Waals surface area contributed by atoms with Crippen LogP contribution in [0, 0.1) is 5.92 Å². The van der Waals surface area contributed by atoms with Gasteiger partial charge in [0.25, 0.3) is 0 Å². The Morgan fingerprint density at radius 2 is 1.89 bits per heavy atom. The highest BCUT2D eigenvalue weighted by Gasteiger charge is 2.43. The number of hydrogen-bond acceptors (Lipinski definition) is 2. The first-order valence-electron chi connectivity index (χ1n) is 5.45. The fourth-order valence-electron chi connectivity index (χ4n) is 1.98. The zero-order valence-corrected chi connectivity index (χ0v) is 11.2.